The standard InChI is InChI=1S/C16H28N2O/c1-6-16(7-2,19-8-3)15(18-17)14-10-9-12(4)13(5)11-14/h9-11,15,18H,6-8,17H2,1-5H3. The van der Waals surface area contributed by atoms with Crippen LogP contribution in [0.1, 0.15) is 56.3 Å². The van der Waals surface area contributed by atoms with Crippen LogP contribution in [-0.4, -0.2) is 12.2 Å². The lowest BCUT2D eigenvalue weighted by molar-refractivity contribution is -0.0734. The van der Waals surface area contributed by atoms with Gasteiger partial charge in [-0.15, -0.1) is 0 Å². The molecule has 3 heteroatoms. The van der Waals surface area contributed by atoms with Crippen molar-refractivity contribution < 1.29 is 4.74 Å². The molecule has 1 unspecified atom stereocenters. The lowest BCUT2D eigenvalue weighted by Crippen LogP contribution is -2.48. The van der Waals surface area contributed by atoms with E-state index in [-0.39, 0.29) is 11.6 Å². The highest BCUT2D eigenvalue weighted by molar-refractivity contribution is 5.33. The topological polar surface area (TPSA) is 47.3 Å². The van der Waals surface area contributed by atoms with Crippen molar-refractivity contribution >= 4 is 0 Å². The van der Waals surface area contributed by atoms with E-state index >= 15 is 0 Å². The molecule has 0 spiro atoms. The molecule has 0 aromatic heterocycles. The number of nitrogens with two attached hydrogens (primary N) is 1. The van der Waals surface area contributed by atoms with Gasteiger partial charge in [0.05, 0.1) is 11.6 Å². The van der Waals surface area contributed by atoms with Gasteiger partial charge in [0.2, 0.25) is 0 Å². The van der Waals surface area contributed by atoms with Crippen molar-refractivity contribution in [3.63, 3.8) is 0 Å². The van der Waals surface area contributed by atoms with Crippen molar-refractivity contribution in [2.24, 2.45) is 5.84 Å². The van der Waals surface area contributed by atoms with E-state index in [2.05, 4.69) is 51.3 Å². The summed E-state index contributed by atoms with van der Waals surface area (Å²) in [6.07, 6.45) is 1.86. The van der Waals surface area contributed by atoms with E-state index in [4.69, 9.17) is 10.6 Å². The van der Waals surface area contributed by atoms with Crippen LogP contribution >= 0.6 is 0 Å². The Hall–Kier alpha value is -0.900. The van der Waals surface area contributed by atoms with Crippen LogP contribution in [0.5, 0.6) is 0 Å². The number of aryl methyl sites for hydroxylation is 2. The van der Waals surface area contributed by atoms with Crippen LogP contribution in [0, 0.1) is 13.8 Å². The van der Waals surface area contributed by atoms with Crippen molar-refractivity contribution in [2.75, 3.05) is 6.61 Å². The Balaban J connectivity index is 3.18. The minimum absolute atomic E-state index is 0.0155. The molecule has 1 rings (SSSR count). The van der Waals surface area contributed by atoms with Crippen molar-refractivity contribution in [2.45, 2.75) is 59.1 Å². The zero-order chi connectivity index (χ0) is 14.5. The van der Waals surface area contributed by atoms with Crippen LogP contribution in [0.15, 0.2) is 18.2 Å². The summed E-state index contributed by atoms with van der Waals surface area (Å²) in [6, 6.07) is 6.52. The first-order valence-corrected chi connectivity index (χ1v) is 7.21. The lowest BCUT2D eigenvalue weighted by atomic mass is 9.83. The predicted molar refractivity (Wildman–Crippen MR) is 80.9 cm³/mol. The monoisotopic (exact) mass is 264 g/mol. The maximum atomic E-state index is 6.06. The van der Waals surface area contributed by atoms with Gasteiger partial charge in [0.15, 0.2) is 0 Å². The van der Waals surface area contributed by atoms with Crippen LogP contribution in [0.2, 0.25) is 0 Å². The van der Waals surface area contributed by atoms with Crippen LogP contribution in [0.4, 0.5) is 0 Å². The molecule has 0 aliphatic heterocycles. The second-order valence-electron chi connectivity index (χ2n) is 5.15. The highest BCUT2D eigenvalue weighted by Crippen LogP contribution is 2.35. The van der Waals surface area contributed by atoms with Crippen molar-refractivity contribution in [3.05, 3.63) is 34.9 Å². The molecule has 0 amide bonds. The molecule has 0 bridgehead atoms. The predicted octanol–water partition coefficient (Wildman–Crippen LogP) is 3.40. The molecular formula is C16H28N2O. The number of benzene rings is 1. The van der Waals surface area contributed by atoms with Gasteiger partial charge in [-0.2, -0.15) is 0 Å². The second kappa shape index (κ2) is 7.04. The number of hydrazine groups is 1. The Morgan fingerprint density at radius 2 is 1.79 bits per heavy atom. The van der Waals surface area contributed by atoms with E-state index < -0.39 is 0 Å². The molecule has 3 nitrogen and oxygen atoms in total. The Morgan fingerprint density at radius 1 is 1.16 bits per heavy atom. The van der Waals surface area contributed by atoms with Gasteiger partial charge in [-0.3, -0.25) is 11.3 Å². The second-order valence-corrected chi connectivity index (χ2v) is 5.15. The number of hydrogen-bond donors (Lipinski definition) is 2. The van der Waals surface area contributed by atoms with Gasteiger partial charge < -0.3 is 4.74 Å². The van der Waals surface area contributed by atoms with Gasteiger partial charge in [0, 0.05) is 6.61 Å². The van der Waals surface area contributed by atoms with Gasteiger partial charge in [0.25, 0.3) is 0 Å². The minimum atomic E-state index is -0.245. The summed E-state index contributed by atoms with van der Waals surface area (Å²) < 4.78 is 6.06. The highest BCUT2D eigenvalue weighted by atomic mass is 16.5. The summed E-state index contributed by atoms with van der Waals surface area (Å²) in [7, 11) is 0. The average molecular weight is 264 g/mol. The molecular weight excluding hydrogens is 236 g/mol. The molecule has 0 radical (unpaired) electrons. The lowest BCUT2D eigenvalue weighted by Gasteiger charge is -2.39. The smallest absolute Gasteiger partial charge is 0.0883 e. The Bertz CT molecular complexity index is 400. The molecule has 1 aromatic rings. The van der Waals surface area contributed by atoms with E-state index in [1.165, 1.54) is 16.7 Å². The first-order valence-electron chi connectivity index (χ1n) is 7.21. The first-order chi connectivity index (χ1) is 9.04. The Labute approximate surface area is 117 Å². The molecule has 3 N–H and O–H groups in total. The van der Waals surface area contributed by atoms with Gasteiger partial charge in [0.1, 0.15) is 0 Å². The summed E-state index contributed by atoms with van der Waals surface area (Å²) in [4.78, 5) is 0. The Kier molecular flexibility index (Phi) is 5.98. The molecule has 19 heavy (non-hydrogen) atoms. The van der Waals surface area contributed by atoms with Gasteiger partial charge >= 0.3 is 0 Å². The number of ether oxygens (including phenoxy) is 1. The largest absolute Gasteiger partial charge is 0.373 e. The van der Waals surface area contributed by atoms with Crippen molar-refractivity contribution in [1.82, 2.24) is 5.43 Å². The van der Waals surface area contributed by atoms with Crippen LogP contribution in [0.3, 0.4) is 0 Å². The summed E-state index contributed by atoms with van der Waals surface area (Å²) in [5, 5.41) is 0. The maximum Gasteiger partial charge on any atom is 0.0883 e. The molecule has 0 saturated carbocycles. The molecule has 1 atom stereocenters. The van der Waals surface area contributed by atoms with Crippen LogP contribution in [0.25, 0.3) is 0 Å². The third-order valence-electron chi connectivity index (χ3n) is 4.19. The fourth-order valence-corrected chi connectivity index (χ4v) is 2.73. The van der Waals surface area contributed by atoms with Crippen molar-refractivity contribution in [3.8, 4) is 0 Å². The summed E-state index contributed by atoms with van der Waals surface area (Å²) >= 11 is 0. The molecule has 108 valence electrons. The Morgan fingerprint density at radius 3 is 2.21 bits per heavy atom. The SMILES string of the molecule is CCOC(CC)(CC)C(NN)c1ccc(C)c(C)c1. The van der Waals surface area contributed by atoms with Gasteiger partial charge in [-0.05, 0) is 50.3 Å². The van der Waals surface area contributed by atoms with Gasteiger partial charge in [-0.25, -0.2) is 0 Å². The fourth-order valence-electron chi connectivity index (χ4n) is 2.73. The minimum Gasteiger partial charge on any atom is -0.373 e. The first kappa shape index (κ1) is 16.2. The number of hydrogen-bond acceptors (Lipinski definition) is 3. The maximum absolute atomic E-state index is 6.06. The molecule has 0 fully saturated rings. The highest BCUT2D eigenvalue weighted by Gasteiger charge is 2.37. The molecule has 0 saturated heterocycles. The average Bonchev–Trinajstić information content (AvgIpc) is 2.42. The molecule has 0 heterocycles. The van der Waals surface area contributed by atoms with Crippen LogP contribution < -0.4 is 11.3 Å². The fraction of sp³-hybridized carbons (Fsp3) is 0.625. The van der Waals surface area contributed by atoms with Crippen molar-refractivity contribution in [1.29, 1.82) is 0 Å². The zero-order valence-corrected chi connectivity index (χ0v) is 12.9. The van der Waals surface area contributed by atoms with E-state index in [0.29, 0.717) is 6.61 Å². The normalized spacial score (nSPS) is 13.6. The van der Waals surface area contributed by atoms with Crippen LogP contribution in [-0.2, 0) is 4.74 Å². The third kappa shape index (κ3) is 3.35. The van der Waals surface area contributed by atoms with E-state index in [0.717, 1.165) is 12.8 Å². The quantitative estimate of drug-likeness (QED) is 0.586. The summed E-state index contributed by atoms with van der Waals surface area (Å²) in [5.74, 6) is 5.83. The summed E-state index contributed by atoms with van der Waals surface area (Å²) in [5.41, 5.74) is 6.51. The summed E-state index contributed by atoms with van der Waals surface area (Å²) in [6.45, 7) is 11.3. The van der Waals surface area contributed by atoms with E-state index in [9.17, 15) is 0 Å². The number of nitrogens with one attached hydrogen (secondary N) is 1. The van der Waals surface area contributed by atoms with Gasteiger partial charge in [-0.1, -0.05) is 32.0 Å². The molecule has 0 aliphatic carbocycles. The third-order valence-corrected chi connectivity index (χ3v) is 4.19. The zero-order valence-electron chi connectivity index (χ0n) is 12.9. The number of rotatable bonds is 7. The molecule has 1 aromatic carbocycles. The van der Waals surface area contributed by atoms with E-state index in [1.54, 1.807) is 0 Å². The molecule has 0 aliphatic rings. The van der Waals surface area contributed by atoms with E-state index in [1.807, 2.05) is 6.92 Å².